The molecule has 0 radical (unpaired) electrons. The van der Waals surface area contributed by atoms with Gasteiger partial charge in [0.2, 0.25) is 5.88 Å². The zero-order chi connectivity index (χ0) is 15.7. The van der Waals surface area contributed by atoms with Crippen molar-refractivity contribution < 1.29 is 35.9 Å². The molecule has 0 saturated heterocycles. The van der Waals surface area contributed by atoms with E-state index in [1.165, 1.54) is 0 Å². The van der Waals surface area contributed by atoms with E-state index in [0.29, 0.717) is 6.07 Å². The molecule has 0 aliphatic rings. The van der Waals surface area contributed by atoms with Crippen LogP contribution in [0.25, 0.3) is 0 Å². The molecule has 20 heavy (non-hydrogen) atoms. The Morgan fingerprint density at radius 2 is 1.85 bits per heavy atom. The molecule has 0 spiro atoms. The molecule has 1 aromatic rings. The van der Waals surface area contributed by atoms with E-state index in [-0.39, 0.29) is 5.33 Å². The Kier molecular flexibility index (Phi) is 4.90. The van der Waals surface area contributed by atoms with Gasteiger partial charge in [0, 0.05) is 10.9 Å². The highest BCUT2D eigenvalue weighted by molar-refractivity contribution is 9.08. The van der Waals surface area contributed by atoms with E-state index < -0.39 is 40.5 Å². The van der Waals surface area contributed by atoms with Crippen molar-refractivity contribution in [2.24, 2.45) is 0 Å². The molecule has 11 heteroatoms. The molecule has 0 fully saturated rings. The summed E-state index contributed by atoms with van der Waals surface area (Å²) < 4.78 is 77.6. The summed E-state index contributed by atoms with van der Waals surface area (Å²) >= 11 is 7.72. The van der Waals surface area contributed by atoms with Gasteiger partial charge in [-0.2, -0.15) is 13.2 Å². The van der Waals surface area contributed by atoms with Crippen LogP contribution in [-0.2, 0) is 11.5 Å². The molecular weight excluding hydrogens is 383 g/mol. The zero-order valence-electron chi connectivity index (χ0n) is 9.07. The summed E-state index contributed by atoms with van der Waals surface area (Å²) in [7, 11) is 0. The smallest absolute Gasteiger partial charge is 0.388 e. The van der Waals surface area contributed by atoms with Gasteiger partial charge in [-0.05, 0) is 17.7 Å². The largest absolute Gasteiger partial charge is 0.574 e. The third-order valence-corrected chi connectivity index (χ3v) is 2.71. The van der Waals surface area contributed by atoms with Crippen molar-refractivity contribution in [2.45, 2.75) is 17.9 Å². The van der Waals surface area contributed by atoms with E-state index in [0.717, 1.165) is 0 Å². The summed E-state index contributed by atoms with van der Waals surface area (Å²) in [6, 6.07) is 0.543. The summed E-state index contributed by atoms with van der Waals surface area (Å²) in [6.07, 6.45) is -10.4. The van der Waals surface area contributed by atoms with Crippen LogP contribution in [0.2, 0.25) is 0 Å². The molecular formula is C9H3BrClF6NO2. The van der Waals surface area contributed by atoms with Gasteiger partial charge in [-0.15, -0.1) is 13.2 Å². The third-order valence-electron chi connectivity index (χ3n) is 1.90. The van der Waals surface area contributed by atoms with Gasteiger partial charge in [0.25, 0.3) is 5.24 Å². The van der Waals surface area contributed by atoms with E-state index in [9.17, 15) is 31.1 Å². The molecule has 0 aromatic carbocycles. The SMILES string of the molecule is O=C(Cl)c1cc(CBr)c(OC(F)(F)F)nc1C(F)(F)F. The van der Waals surface area contributed by atoms with Crippen molar-refractivity contribution in [2.75, 3.05) is 0 Å². The Balaban J connectivity index is 3.50. The number of halogens is 8. The van der Waals surface area contributed by atoms with Crippen LogP contribution >= 0.6 is 27.5 Å². The standard InChI is InChI=1S/C9H3BrClF6NO2/c10-2-3-1-4(6(11)19)5(8(12,13)14)18-7(3)20-9(15,16)17/h1H,2H2. The number of aromatic nitrogens is 1. The Bertz CT molecular complexity index is 530. The number of pyridine rings is 1. The minimum atomic E-state index is -5.22. The number of ether oxygens (including phenoxy) is 1. The van der Waals surface area contributed by atoms with Crippen LogP contribution in [0.15, 0.2) is 6.07 Å². The molecule has 112 valence electrons. The van der Waals surface area contributed by atoms with Gasteiger partial charge in [0.15, 0.2) is 5.69 Å². The van der Waals surface area contributed by atoms with Crippen LogP contribution < -0.4 is 4.74 Å². The first-order valence-corrected chi connectivity index (χ1v) is 6.08. The van der Waals surface area contributed by atoms with Crippen LogP contribution in [0.3, 0.4) is 0 Å². The highest BCUT2D eigenvalue weighted by Gasteiger charge is 2.40. The molecule has 1 rings (SSSR count). The second-order valence-electron chi connectivity index (χ2n) is 3.30. The number of rotatable bonds is 3. The maximum Gasteiger partial charge on any atom is 0.574 e. The van der Waals surface area contributed by atoms with Crippen molar-refractivity contribution in [1.29, 1.82) is 0 Å². The fourth-order valence-electron chi connectivity index (χ4n) is 1.20. The van der Waals surface area contributed by atoms with Gasteiger partial charge >= 0.3 is 12.5 Å². The van der Waals surface area contributed by atoms with Crippen molar-refractivity contribution >= 4 is 32.8 Å². The first-order valence-electron chi connectivity index (χ1n) is 4.58. The first-order chi connectivity index (χ1) is 8.95. The zero-order valence-corrected chi connectivity index (χ0v) is 11.4. The fraction of sp³-hybridized carbons (Fsp3) is 0.333. The van der Waals surface area contributed by atoms with Gasteiger partial charge < -0.3 is 4.74 Å². The topological polar surface area (TPSA) is 39.2 Å². The number of hydrogen-bond donors (Lipinski definition) is 0. The van der Waals surface area contributed by atoms with Crippen molar-refractivity contribution in [1.82, 2.24) is 4.98 Å². The summed E-state index contributed by atoms with van der Waals surface area (Å²) in [5.74, 6) is -1.30. The van der Waals surface area contributed by atoms with Crippen LogP contribution in [0.1, 0.15) is 21.6 Å². The summed E-state index contributed by atoms with van der Waals surface area (Å²) in [6.45, 7) is 0. The average Bonchev–Trinajstić information content (AvgIpc) is 2.24. The van der Waals surface area contributed by atoms with Gasteiger partial charge in [0.1, 0.15) is 0 Å². The molecule has 1 heterocycles. The maximum absolute atomic E-state index is 12.6. The maximum atomic E-state index is 12.6. The van der Waals surface area contributed by atoms with Crippen molar-refractivity contribution in [3.8, 4) is 5.88 Å². The molecule has 0 bridgehead atoms. The lowest BCUT2D eigenvalue weighted by Gasteiger charge is -2.15. The molecule has 0 saturated carbocycles. The Labute approximate surface area is 121 Å². The summed E-state index contributed by atoms with van der Waals surface area (Å²) in [4.78, 5) is 13.6. The van der Waals surface area contributed by atoms with E-state index in [1.807, 2.05) is 0 Å². The molecule has 0 aliphatic carbocycles. The lowest BCUT2D eigenvalue weighted by atomic mass is 10.1. The number of hydrogen-bond acceptors (Lipinski definition) is 3. The second-order valence-corrected chi connectivity index (χ2v) is 4.21. The van der Waals surface area contributed by atoms with Crippen LogP contribution in [0.5, 0.6) is 5.88 Å². The van der Waals surface area contributed by atoms with E-state index in [1.54, 1.807) is 0 Å². The number of carbonyl (C=O) groups excluding carboxylic acids is 1. The minimum absolute atomic E-state index is 0.319. The molecule has 3 nitrogen and oxygen atoms in total. The summed E-state index contributed by atoms with van der Waals surface area (Å²) in [5, 5.41) is -1.81. The first kappa shape index (κ1) is 17.0. The third kappa shape index (κ3) is 4.23. The highest BCUT2D eigenvalue weighted by atomic mass is 79.9. The molecule has 0 N–H and O–H groups in total. The molecule has 0 aliphatic heterocycles. The monoisotopic (exact) mass is 385 g/mol. The van der Waals surface area contributed by atoms with E-state index >= 15 is 0 Å². The van der Waals surface area contributed by atoms with Crippen molar-refractivity contribution in [3.05, 3.63) is 22.9 Å². The quantitative estimate of drug-likeness (QED) is 0.442. The Hall–Kier alpha value is -1.03. The Morgan fingerprint density at radius 1 is 1.30 bits per heavy atom. The van der Waals surface area contributed by atoms with E-state index in [2.05, 4.69) is 25.7 Å². The Morgan fingerprint density at radius 3 is 2.20 bits per heavy atom. The predicted molar refractivity (Wildman–Crippen MR) is 58.7 cm³/mol. The van der Waals surface area contributed by atoms with Gasteiger partial charge in [0.05, 0.1) is 5.56 Å². The predicted octanol–water partition coefficient (Wildman–Crippen LogP) is 4.27. The van der Waals surface area contributed by atoms with E-state index in [4.69, 9.17) is 11.6 Å². The number of carbonyl (C=O) groups is 1. The van der Waals surface area contributed by atoms with Gasteiger partial charge in [-0.1, -0.05) is 15.9 Å². The van der Waals surface area contributed by atoms with Gasteiger partial charge in [-0.3, -0.25) is 4.79 Å². The highest BCUT2D eigenvalue weighted by Crippen LogP contribution is 2.36. The number of alkyl halides is 7. The van der Waals surface area contributed by atoms with Crippen LogP contribution in [0, 0.1) is 0 Å². The normalized spacial score (nSPS) is 12.4. The average molecular weight is 386 g/mol. The number of nitrogens with zero attached hydrogens (tertiary/aromatic N) is 1. The molecule has 1 aromatic heterocycles. The molecule has 0 amide bonds. The van der Waals surface area contributed by atoms with Gasteiger partial charge in [-0.25, -0.2) is 4.98 Å². The fourth-order valence-corrected chi connectivity index (χ4v) is 1.74. The molecule has 0 unspecified atom stereocenters. The lowest BCUT2D eigenvalue weighted by molar-refractivity contribution is -0.276. The second kappa shape index (κ2) is 5.76. The van der Waals surface area contributed by atoms with Crippen LogP contribution in [-0.4, -0.2) is 16.6 Å². The lowest BCUT2D eigenvalue weighted by Crippen LogP contribution is -2.22. The van der Waals surface area contributed by atoms with Crippen LogP contribution in [0.4, 0.5) is 26.3 Å². The van der Waals surface area contributed by atoms with Crippen molar-refractivity contribution in [3.63, 3.8) is 0 Å². The summed E-state index contributed by atoms with van der Waals surface area (Å²) in [5.41, 5.74) is -3.30. The minimum Gasteiger partial charge on any atom is -0.388 e. The molecule has 0 atom stereocenters.